The van der Waals surface area contributed by atoms with E-state index in [2.05, 4.69) is 24.8 Å². The molecule has 1 aliphatic heterocycles. The van der Waals surface area contributed by atoms with Gasteiger partial charge in [-0.15, -0.1) is 24.0 Å². The number of halogens is 4. The van der Waals surface area contributed by atoms with E-state index in [0.717, 1.165) is 43.6 Å². The van der Waals surface area contributed by atoms with Crippen LogP contribution in [0.2, 0.25) is 0 Å². The Kier molecular flexibility index (Phi) is 10.7. The van der Waals surface area contributed by atoms with E-state index in [1.165, 1.54) is 0 Å². The number of guanidine groups is 1. The maximum Gasteiger partial charge on any atom is 0.411 e. The summed E-state index contributed by atoms with van der Waals surface area (Å²) in [6, 6.07) is 7.93. The van der Waals surface area contributed by atoms with Crippen LogP contribution in [-0.4, -0.2) is 77.1 Å². The minimum atomic E-state index is -4.27. The van der Waals surface area contributed by atoms with Gasteiger partial charge in [-0.1, -0.05) is 12.1 Å². The van der Waals surface area contributed by atoms with E-state index >= 15 is 0 Å². The maximum atomic E-state index is 12.0. The van der Waals surface area contributed by atoms with Crippen LogP contribution in [0.15, 0.2) is 29.3 Å². The summed E-state index contributed by atoms with van der Waals surface area (Å²) in [7, 11) is 3.37. The first-order valence-corrected chi connectivity index (χ1v) is 8.92. The molecule has 1 fully saturated rings. The molecule has 1 saturated heterocycles. The van der Waals surface area contributed by atoms with Crippen LogP contribution in [0.3, 0.4) is 0 Å². The molecule has 1 N–H and O–H groups in total. The van der Waals surface area contributed by atoms with Gasteiger partial charge in [-0.25, -0.2) is 0 Å². The second-order valence-corrected chi connectivity index (χ2v) is 6.14. The Morgan fingerprint density at radius 3 is 2.46 bits per heavy atom. The minimum absolute atomic E-state index is 0. The van der Waals surface area contributed by atoms with Crippen LogP contribution < -0.4 is 15.0 Å². The second kappa shape index (κ2) is 12.2. The van der Waals surface area contributed by atoms with Crippen LogP contribution >= 0.6 is 24.0 Å². The normalized spacial score (nSPS) is 15.2. The molecule has 0 bridgehead atoms. The number of ether oxygens (including phenoxy) is 2. The topological polar surface area (TPSA) is 49.3 Å². The Hall–Kier alpha value is -1.43. The molecule has 0 aliphatic carbocycles. The maximum absolute atomic E-state index is 12.0. The number of nitrogens with one attached hydrogen (secondary N) is 1. The average Bonchev–Trinajstić information content (AvgIpc) is 2.67. The second-order valence-electron chi connectivity index (χ2n) is 6.14. The van der Waals surface area contributed by atoms with Crippen molar-refractivity contribution in [3.05, 3.63) is 24.3 Å². The van der Waals surface area contributed by atoms with Gasteiger partial charge < -0.3 is 24.6 Å². The first-order chi connectivity index (χ1) is 12.9. The average molecular weight is 516 g/mol. The first kappa shape index (κ1) is 24.6. The predicted molar refractivity (Wildman–Crippen MR) is 115 cm³/mol. The molecule has 0 amide bonds. The van der Waals surface area contributed by atoms with Gasteiger partial charge in [0.05, 0.1) is 12.8 Å². The lowest BCUT2D eigenvalue weighted by molar-refractivity contribution is -0.173. The van der Waals surface area contributed by atoms with E-state index in [1.54, 1.807) is 14.2 Å². The zero-order chi connectivity index (χ0) is 19.7. The van der Waals surface area contributed by atoms with Crippen LogP contribution in [0, 0.1) is 0 Å². The summed E-state index contributed by atoms with van der Waals surface area (Å²) in [6.07, 6.45) is -3.79. The van der Waals surface area contributed by atoms with Gasteiger partial charge in [0.15, 0.2) is 5.96 Å². The lowest BCUT2D eigenvalue weighted by Crippen LogP contribution is -2.52. The summed E-state index contributed by atoms with van der Waals surface area (Å²) in [5.41, 5.74) is 1.07. The van der Waals surface area contributed by atoms with Gasteiger partial charge in [-0.3, -0.25) is 4.99 Å². The number of nitrogens with zero attached hydrogens (tertiary/aromatic N) is 3. The molecule has 0 radical (unpaired) electrons. The van der Waals surface area contributed by atoms with E-state index in [0.29, 0.717) is 13.0 Å². The molecule has 1 aliphatic rings. The van der Waals surface area contributed by atoms with Crippen LogP contribution in [0.5, 0.6) is 5.75 Å². The van der Waals surface area contributed by atoms with Crippen molar-refractivity contribution >= 4 is 35.6 Å². The molecule has 10 heteroatoms. The molecular weight excluding hydrogens is 488 g/mol. The monoisotopic (exact) mass is 516 g/mol. The molecule has 0 spiro atoms. The van der Waals surface area contributed by atoms with E-state index in [-0.39, 0.29) is 30.6 Å². The highest BCUT2D eigenvalue weighted by Gasteiger charge is 2.27. The van der Waals surface area contributed by atoms with Crippen molar-refractivity contribution in [3.8, 4) is 5.75 Å². The molecule has 6 nitrogen and oxygen atoms in total. The highest BCUT2D eigenvalue weighted by atomic mass is 127. The van der Waals surface area contributed by atoms with E-state index in [4.69, 9.17) is 4.74 Å². The van der Waals surface area contributed by atoms with Gasteiger partial charge in [-0.2, -0.15) is 13.2 Å². The van der Waals surface area contributed by atoms with E-state index < -0.39 is 12.8 Å². The number of alkyl halides is 3. The van der Waals surface area contributed by atoms with Crippen molar-refractivity contribution in [1.82, 2.24) is 10.2 Å². The van der Waals surface area contributed by atoms with Crippen LogP contribution in [0.25, 0.3) is 0 Å². The lowest BCUT2D eigenvalue weighted by atomic mass is 10.2. The largest absolute Gasteiger partial charge is 0.495 e. The Balaban J connectivity index is 0.00000392. The van der Waals surface area contributed by atoms with Crippen molar-refractivity contribution in [1.29, 1.82) is 0 Å². The van der Waals surface area contributed by atoms with Crippen LogP contribution in [0.4, 0.5) is 18.9 Å². The summed E-state index contributed by atoms with van der Waals surface area (Å²) in [6.45, 7) is 2.62. The molecule has 160 valence electrons. The highest BCUT2D eigenvalue weighted by Crippen LogP contribution is 2.28. The third-order valence-electron chi connectivity index (χ3n) is 4.23. The van der Waals surface area contributed by atoms with Gasteiger partial charge in [0.1, 0.15) is 12.4 Å². The number of para-hydroxylation sites is 2. The summed E-state index contributed by atoms with van der Waals surface area (Å²) < 4.78 is 46.1. The molecule has 1 aromatic rings. The van der Waals surface area contributed by atoms with Crippen LogP contribution in [0.1, 0.15) is 6.42 Å². The number of anilines is 1. The van der Waals surface area contributed by atoms with Crippen molar-refractivity contribution in [2.75, 3.05) is 65.0 Å². The molecular formula is C18H28F3IN4O2. The molecule has 2 rings (SSSR count). The fraction of sp³-hybridized carbons (Fsp3) is 0.611. The van der Waals surface area contributed by atoms with Crippen molar-refractivity contribution in [2.45, 2.75) is 12.6 Å². The number of methoxy groups -OCH3 is 1. The number of hydrogen-bond acceptors (Lipinski definition) is 4. The van der Waals surface area contributed by atoms with Crippen molar-refractivity contribution in [2.24, 2.45) is 4.99 Å². The number of benzene rings is 1. The third kappa shape index (κ3) is 7.90. The van der Waals surface area contributed by atoms with Gasteiger partial charge in [0.2, 0.25) is 0 Å². The molecule has 0 unspecified atom stereocenters. The smallest absolute Gasteiger partial charge is 0.411 e. The SMILES string of the molecule is CN=C(NCCCOCC(F)(F)F)N1CCN(c2ccccc2OC)CC1.I. The number of piperazine rings is 1. The summed E-state index contributed by atoms with van der Waals surface area (Å²) in [4.78, 5) is 8.68. The highest BCUT2D eigenvalue weighted by molar-refractivity contribution is 14.0. The Morgan fingerprint density at radius 1 is 1.18 bits per heavy atom. The Labute approximate surface area is 181 Å². The van der Waals surface area contributed by atoms with Gasteiger partial charge in [-0.05, 0) is 18.6 Å². The van der Waals surface area contributed by atoms with Gasteiger partial charge in [0, 0.05) is 46.4 Å². The summed E-state index contributed by atoms with van der Waals surface area (Å²) >= 11 is 0. The molecule has 0 atom stereocenters. The van der Waals surface area contributed by atoms with Gasteiger partial charge in [0.25, 0.3) is 0 Å². The van der Waals surface area contributed by atoms with Crippen LogP contribution in [-0.2, 0) is 4.74 Å². The first-order valence-electron chi connectivity index (χ1n) is 8.92. The molecule has 28 heavy (non-hydrogen) atoms. The molecule has 0 saturated carbocycles. The van der Waals surface area contributed by atoms with Crippen molar-refractivity contribution < 1.29 is 22.6 Å². The molecule has 0 aromatic heterocycles. The van der Waals surface area contributed by atoms with E-state index in [1.807, 2.05) is 24.3 Å². The number of aliphatic imine (C=N–C) groups is 1. The van der Waals surface area contributed by atoms with Crippen molar-refractivity contribution in [3.63, 3.8) is 0 Å². The Bertz CT molecular complexity index is 609. The molecule has 1 aromatic carbocycles. The predicted octanol–water partition coefficient (Wildman–Crippen LogP) is 2.98. The van der Waals surface area contributed by atoms with Gasteiger partial charge >= 0.3 is 6.18 Å². The summed E-state index contributed by atoms with van der Waals surface area (Å²) in [5.74, 6) is 1.61. The third-order valence-corrected chi connectivity index (χ3v) is 4.23. The quantitative estimate of drug-likeness (QED) is 0.262. The zero-order valence-corrected chi connectivity index (χ0v) is 18.5. The number of hydrogen-bond donors (Lipinski definition) is 1. The molecule has 1 heterocycles. The van der Waals surface area contributed by atoms with E-state index in [9.17, 15) is 13.2 Å². The fourth-order valence-corrected chi connectivity index (χ4v) is 2.94. The standard InChI is InChI=1S/C18H27F3N4O2.HI/c1-22-17(23-8-5-13-27-14-18(19,20)21)25-11-9-24(10-12-25)15-6-3-4-7-16(15)26-2;/h3-4,6-7H,5,8-14H2,1-2H3,(H,22,23);1H. The zero-order valence-electron chi connectivity index (χ0n) is 16.2. The lowest BCUT2D eigenvalue weighted by Gasteiger charge is -2.38. The fourth-order valence-electron chi connectivity index (χ4n) is 2.94. The summed E-state index contributed by atoms with van der Waals surface area (Å²) in [5, 5.41) is 3.19. The Morgan fingerprint density at radius 2 is 1.86 bits per heavy atom. The number of rotatable bonds is 7. The minimum Gasteiger partial charge on any atom is -0.495 e.